The van der Waals surface area contributed by atoms with Crippen molar-refractivity contribution < 1.29 is 4.92 Å². The van der Waals surface area contributed by atoms with Crippen LogP contribution >= 0.6 is 15.9 Å². The molecule has 24 heavy (non-hydrogen) atoms. The van der Waals surface area contributed by atoms with Crippen LogP contribution < -0.4 is 10.2 Å². The van der Waals surface area contributed by atoms with Crippen molar-refractivity contribution in [2.75, 3.05) is 23.3 Å². The minimum Gasteiger partial charge on any atom is -0.375 e. The van der Waals surface area contributed by atoms with E-state index in [1.54, 1.807) is 18.3 Å². The monoisotopic (exact) mass is 390 g/mol. The van der Waals surface area contributed by atoms with Crippen LogP contribution in [0.5, 0.6) is 0 Å². The Bertz CT molecular complexity index is 732. The summed E-state index contributed by atoms with van der Waals surface area (Å²) in [5.41, 5.74) is 1.63. The number of hydrogen-bond acceptors (Lipinski definition) is 5. The lowest BCUT2D eigenvalue weighted by Gasteiger charge is -2.29. The second-order valence-corrected chi connectivity index (χ2v) is 6.72. The van der Waals surface area contributed by atoms with Crippen molar-refractivity contribution in [3.63, 3.8) is 0 Å². The van der Waals surface area contributed by atoms with E-state index in [2.05, 4.69) is 31.1 Å². The Morgan fingerprint density at radius 1 is 1.25 bits per heavy atom. The van der Waals surface area contributed by atoms with Crippen molar-refractivity contribution >= 4 is 33.1 Å². The molecule has 7 heteroatoms. The molecule has 0 spiro atoms. The SMILES string of the molecule is O=[N+]([O-])c1cc(Br)ccc1NCc1cccnc1N1CCCCC1. The molecule has 0 atom stereocenters. The number of piperidine rings is 1. The lowest BCUT2D eigenvalue weighted by Crippen LogP contribution is -2.31. The number of benzene rings is 1. The van der Waals surface area contributed by atoms with Gasteiger partial charge in [0.05, 0.1) is 4.92 Å². The van der Waals surface area contributed by atoms with Gasteiger partial charge in [0.1, 0.15) is 11.5 Å². The summed E-state index contributed by atoms with van der Waals surface area (Å²) in [4.78, 5) is 17.7. The van der Waals surface area contributed by atoms with Crippen molar-refractivity contribution in [2.45, 2.75) is 25.8 Å². The Morgan fingerprint density at radius 2 is 2.04 bits per heavy atom. The molecule has 1 aliphatic heterocycles. The second-order valence-electron chi connectivity index (χ2n) is 5.81. The van der Waals surface area contributed by atoms with Crippen molar-refractivity contribution in [2.24, 2.45) is 0 Å². The molecule has 2 aromatic rings. The molecule has 2 heterocycles. The summed E-state index contributed by atoms with van der Waals surface area (Å²) in [5.74, 6) is 0.976. The van der Waals surface area contributed by atoms with Crippen LogP contribution in [0, 0.1) is 10.1 Å². The van der Waals surface area contributed by atoms with Gasteiger partial charge in [-0.2, -0.15) is 0 Å². The van der Waals surface area contributed by atoms with E-state index in [9.17, 15) is 10.1 Å². The van der Waals surface area contributed by atoms with Crippen LogP contribution in [0.25, 0.3) is 0 Å². The lowest BCUT2D eigenvalue weighted by molar-refractivity contribution is -0.384. The van der Waals surface area contributed by atoms with Crippen LogP contribution in [-0.2, 0) is 6.54 Å². The van der Waals surface area contributed by atoms with Crippen molar-refractivity contribution in [1.82, 2.24) is 4.98 Å². The first-order chi connectivity index (χ1) is 11.6. The minimum absolute atomic E-state index is 0.0628. The lowest BCUT2D eigenvalue weighted by atomic mass is 10.1. The first-order valence-corrected chi connectivity index (χ1v) is 8.81. The minimum atomic E-state index is -0.373. The topological polar surface area (TPSA) is 71.3 Å². The average molecular weight is 391 g/mol. The van der Waals surface area contributed by atoms with Gasteiger partial charge in [-0.25, -0.2) is 4.98 Å². The average Bonchev–Trinajstić information content (AvgIpc) is 2.61. The molecule has 1 aromatic heterocycles. The number of hydrogen-bond donors (Lipinski definition) is 1. The fraction of sp³-hybridized carbons (Fsp3) is 0.353. The predicted molar refractivity (Wildman–Crippen MR) is 98.4 cm³/mol. The number of nitro benzene ring substituents is 1. The van der Waals surface area contributed by atoms with Crippen LogP contribution in [0.3, 0.4) is 0 Å². The standard InChI is InChI=1S/C17H19BrN4O2/c18-14-6-7-15(16(11-14)22(23)24)20-12-13-5-4-8-19-17(13)21-9-2-1-3-10-21/h4-8,11,20H,1-3,9-10,12H2. The van der Waals surface area contributed by atoms with Crippen molar-refractivity contribution in [1.29, 1.82) is 0 Å². The zero-order chi connectivity index (χ0) is 16.9. The zero-order valence-electron chi connectivity index (χ0n) is 13.2. The third-order valence-corrected chi connectivity index (χ3v) is 4.64. The van der Waals surface area contributed by atoms with E-state index in [0.717, 1.165) is 24.5 Å². The summed E-state index contributed by atoms with van der Waals surface area (Å²) in [6.45, 7) is 2.53. The molecule has 1 N–H and O–H groups in total. The van der Waals surface area contributed by atoms with Gasteiger partial charge in [0, 0.05) is 41.9 Å². The van der Waals surface area contributed by atoms with Gasteiger partial charge < -0.3 is 10.2 Å². The molecule has 1 saturated heterocycles. The van der Waals surface area contributed by atoms with Crippen LogP contribution in [0.15, 0.2) is 41.0 Å². The fourth-order valence-electron chi connectivity index (χ4n) is 2.95. The quantitative estimate of drug-likeness (QED) is 0.606. The Hall–Kier alpha value is -2.15. The first-order valence-electron chi connectivity index (χ1n) is 8.02. The maximum Gasteiger partial charge on any atom is 0.293 e. The molecule has 126 valence electrons. The van der Waals surface area contributed by atoms with E-state index in [-0.39, 0.29) is 10.6 Å². The molecular weight excluding hydrogens is 372 g/mol. The third-order valence-electron chi connectivity index (χ3n) is 4.15. The summed E-state index contributed by atoms with van der Waals surface area (Å²) >= 11 is 3.28. The molecule has 0 radical (unpaired) electrons. The molecule has 6 nitrogen and oxygen atoms in total. The summed E-state index contributed by atoms with van der Waals surface area (Å²) in [5, 5.41) is 14.4. The molecule has 0 saturated carbocycles. The highest BCUT2D eigenvalue weighted by Gasteiger charge is 2.17. The normalized spacial score (nSPS) is 14.5. The Labute approximate surface area is 149 Å². The zero-order valence-corrected chi connectivity index (χ0v) is 14.8. The molecule has 1 fully saturated rings. The van der Waals surface area contributed by atoms with Crippen LogP contribution in [-0.4, -0.2) is 23.0 Å². The van der Waals surface area contributed by atoms with Gasteiger partial charge in [-0.15, -0.1) is 0 Å². The van der Waals surface area contributed by atoms with Gasteiger partial charge in [-0.3, -0.25) is 10.1 Å². The summed E-state index contributed by atoms with van der Waals surface area (Å²) in [7, 11) is 0. The van der Waals surface area contributed by atoms with E-state index in [1.165, 1.54) is 25.3 Å². The van der Waals surface area contributed by atoms with Crippen LogP contribution in [0.1, 0.15) is 24.8 Å². The molecule has 0 aliphatic carbocycles. The van der Waals surface area contributed by atoms with Gasteiger partial charge in [0.25, 0.3) is 5.69 Å². The number of halogens is 1. The van der Waals surface area contributed by atoms with Gasteiger partial charge in [0.15, 0.2) is 0 Å². The van der Waals surface area contributed by atoms with E-state index >= 15 is 0 Å². The third kappa shape index (κ3) is 3.84. The number of nitrogens with zero attached hydrogens (tertiary/aromatic N) is 3. The number of rotatable bonds is 5. The molecule has 0 amide bonds. The summed E-state index contributed by atoms with van der Waals surface area (Å²) in [6, 6.07) is 8.95. The Kier molecular flexibility index (Phi) is 5.30. The molecule has 3 rings (SSSR count). The van der Waals surface area contributed by atoms with Gasteiger partial charge in [-0.1, -0.05) is 22.0 Å². The predicted octanol–water partition coefficient (Wildman–Crippen LogP) is 4.35. The Balaban J connectivity index is 1.79. The maximum atomic E-state index is 11.2. The molecule has 1 aromatic carbocycles. The maximum absolute atomic E-state index is 11.2. The van der Waals surface area contributed by atoms with Gasteiger partial charge in [-0.05, 0) is 37.5 Å². The number of anilines is 2. The van der Waals surface area contributed by atoms with E-state index in [4.69, 9.17) is 0 Å². The van der Waals surface area contributed by atoms with Crippen LogP contribution in [0.4, 0.5) is 17.2 Å². The van der Waals surface area contributed by atoms with Gasteiger partial charge in [0.2, 0.25) is 0 Å². The van der Waals surface area contributed by atoms with Crippen molar-refractivity contribution in [3.05, 3.63) is 56.7 Å². The number of nitro groups is 1. The molecule has 1 aliphatic rings. The Morgan fingerprint density at radius 3 is 2.79 bits per heavy atom. The first kappa shape index (κ1) is 16.7. The highest BCUT2D eigenvalue weighted by Crippen LogP contribution is 2.29. The van der Waals surface area contributed by atoms with Crippen LogP contribution in [0.2, 0.25) is 0 Å². The molecular formula is C17H19BrN4O2. The van der Waals surface area contributed by atoms with E-state index < -0.39 is 0 Å². The molecule has 0 unspecified atom stereocenters. The molecule has 0 bridgehead atoms. The number of pyridine rings is 1. The second kappa shape index (κ2) is 7.61. The van der Waals surface area contributed by atoms with E-state index in [1.807, 2.05) is 12.1 Å². The number of aromatic nitrogens is 1. The highest BCUT2D eigenvalue weighted by molar-refractivity contribution is 9.10. The largest absolute Gasteiger partial charge is 0.375 e. The van der Waals surface area contributed by atoms with Gasteiger partial charge >= 0.3 is 0 Å². The fourth-order valence-corrected chi connectivity index (χ4v) is 3.30. The number of nitrogens with one attached hydrogen (secondary N) is 1. The summed E-state index contributed by atoms with van der Waals surface area (Å²) in [6.07, 6.45) is 5.43. The smallest absolute Gasteiger partial charge is 0.293 e. The van der Waals surface area contributed by atoms with E-state index in [0.29, 0.717) is 16.7 Å². The van der Waals surface area contributed by atoms with Crippen molar-refractivity contribution in [3.8, 4) is 0 Å². The highest BCUT2D eigenvalue weighted by atomic mass is 79.9. The summed E-state index contributed by atoms with van der Waals surface area (Å²) < 4.78 is 0.690.